The molecule has 0 heterocycles. The molecule has 21 heavy (non-hydrogen) atoms. The van der Waals surface area contributed by atoms with Gasteiger partial charge < -0.3 is 15.0 Å². The van der Waals surface area contributed by atoms with Crippen molar-refractivity contribution in [1.29, 1.82) is 0 Å². The molecule has 5 nitrogen and oxygen atoms in total. The summed E-state index contributed by atoms with van der Waals surface area (Å²) in [6.07, 6.45) is 1.88. The van der Waals surface area contributed by atoms with Gasteiger partial charge in [0.15, 0.2) is 0 Å². The van der Waals surface area contributed by atoms with E-state index in [1.165, 1.54) is 0 Å². The highest BCUT2D eigenvalue weighted by molar-refractivity contribution is 5.96. The quantitative estimate of drug-likeness (QED) is 0.745. The Kier molecular flexibility index (Phi) is 7.29. The number of unbranched alkanes of at least 4 members (excludes halogenated alkanes) is 1. The molecule has 0 radical (unpaired) electrons. The number of nitrogens with one attached hydrogen (secondary N) is 1. The van der Waals surface area contributed by atoms with Crippen molar-refractivity contribution in [1.82, 2.24) is 10.2 Å². The van der Waals surface area contributed by atoms with Crippen molar-refractivity contribution < 1.29 is 14.3 Å². The van der Waals surface area contributed by atoms with E-state index >= 15 is 0 Å². The summed E-state index contributed by atoms with van der Waals surface area (Å²) in [4.78, 5) is 25.2. The van der Waals surface area contributed by atoms with Gasteiger partial charge in [0.25, 0.3) is 0 Å². The van der Waals surface area contributed by atoms with Crippen molar-refractivity contribution in [2.45, 2.75) is 32.7 Å². The molecule has 0 aromatic heterocycles. The van der Waals surface area contributed by atoms with Gasteiger partial charge in [-0.05, 0) is 24.1 Å². The maximum Gasteiger partial charge on any atom is 0.231 e. The fourth-order valence-corrected chi connectivity index (χ4v) is 1.80. The minimum atomic E-state index is -0.251. The van der Waals surface area contributed by atoms with E-state index in [1.54, 1.807) is 19.1 Å². The first-order valence-corrected chi connectivity index (χ1v) is 7.20. The van der Waals surface area contributed by atoms with Crippen molar-refractivity contribution >= 4 is 11.8 Å². The zero-order valence-corrected chi connectivity index (χ0v) is 13.0. The summed E-state index contributed by atoms with van der Waals surface area (Å²) in [5.41, 5.74) is 0.968. The largest absolute Gasteiger partial charge is 0.497 e. The Labute approximate surface area is 126 Å². The van der Waals surface area contributed by atoms with Gasteiger partial charge in [0.05, 0.1) is 7.11 Å². The second-order valence-electron chi connectivity index (χ2n) is 4.97. The molecule has 0 aliphatic carbocycles. The standard InChI is InChI=1S/C16H24N2O3/c1-4-5-10-18(2)16(20)11-15(19)17-12-13-6-8-14(21-3)9-7-13/h6-9H,4-5,10-12H2,1-3H3,(H,17,19). The normalized spacial score (nSPS) is 10.0. The summed E-state index contributed by atoms with van der Waals surface area (Å²) in [7, 11) is 3.34. The van der Waals surface area contributed by atoms with E-state index in [9.17, 15) is 9.59 Å². The van der Waals surface area contributed by atoms with Gasteiger partial charge in [-0.1, -0.05) is 25.5 Å². The summed E-state index contributed by atoms with van der Waals surface area (Å²) >= 11 is 0. The number of carbonyl (C=O) groups excluding carboxylic acids is 2. The van der Waals surface area contributed by atoms with Crippen LogP contribution in [-0.2, 0) is 16.1 Å². The second kappa shape index (κ2) is 9.00. The van der Waals surface area contributed by atoms with Gasteiger partial charge in [0.1, 0.15) is 12.2 Å². The summed E-state index contributed by atoms with van der Waals surface area (Å²) in [5.74, 6) is 0.382. The minimum absolute atomic E-state index is 0.101. The van der Waals surface area contributed by atoms with Crippen LogP contribution in [0.15, 0.2) is 24.3 Å². The third kappa shape index (κ3) is 6.29. The summed E-state index contributed by atoms with van der Waals surface area (Å²) in [6, 6.07) is 7.44. The topological polar surface area (TPSA) is 58.6 Å². The van der Waals surface area contributed by atoms with Crippen LogP contribution in [0.3, 0.4) is 0 Å². The molecule has 0 aliphatic rings. The molecular formula is C16H24N2O3. The van der Waals surface area contributed by atoms with Gasteiger partial charge in [-0.15, -0.1) is 0 Å². The van der Waals surface area contributed by atoms with E-state index in [4.69, 9.17) is 4.74 Å². The van der Waals surface area contributed by atoms with Crippen molar-refractivity contribution in [3.63, 3.8) is 0 Å². The van der Waals surface area contributed by atoms with Gasteiger partial charge in [0, 0.05) is 20.1 Å². The van der Waals surface area contributed by atoms with Crippen LogP contribution in [0.2, 0.25) is 0 Å². The lowest BCUT2D eigenvalue weighted by atomic mass is 10.2. The fraction of sp³-hybridized carbons (Fsp3) is 0.500. The first kappa shape index (κ1) is 17.0. The number of methoxy groups -OCH3 is 1. The van der Waals surface area contributed by atoms with Crippen molar-refractivity contribution in [2.24, 2.45) is 0 Å². The maximum atomic E-state index is 11.8. The zero-order chi connectivity index (χ0) is 15.7. The van der Waals surface area contributed by atoms with Gasteiger partial charge >= 0.3 is 0 Å². The minimum Gasteiger partial charge on any atom is -0.497 e. The molecule has 0 spiro atoms. The first-order valence-electron chi connectivity index (χ1n) is 7.20. The van der Waals surface area contributed by atoms with E-state index < -0.39 is 0 Å². The predicted octanol–water partition coefficient (Wildman–Crippen LogP) is 1.96. The Morgan fingerprint density at radius 1 is 1.24 bits per heavy atom. The summed E-state index contributed by atoms with van der Waals surface area (Å²) < 4.78 is 5.07. The molecule has 5 heteroatoms. The molecular weight excluding hydrogens is 268 g/mol. The Bertz CT molecular complexity index is 457. The first-order chi connectivity index (χ1) is 10.1. The lowest BCUT2D eigenvalue weighted by molar-refractivity contribution is -0.135. The van der Waals surface area contributed by atoms with E-state index in [1.807, 2.05) is 24.3 Å². The third-order valence-corrected chi connectivity index (χ3v) is 3.23. The average Bonchev–Trinajstić information content (AvgIpc) is 2.50. The summed E-state index contributed by atoms with van der Waals surface area (Å²) in [6.45, 7) is 3.18. The van der Waals surface area contributed by atoms with Crippen LogP contribution >= 0.6 is 0 Å². The SMILES string of the molecule is CCCCN(C)C(=O)CC(=O)NCc1ccc(OC)cc1. The van der Waals surface area contributed by atoms with Crippen molar-refractivity contribution in [2.75, 3.05) is 20.7 Å². The molecule has 0 aliphatic heterocycles. The highest BCUT2D eigenvalue weighted by Crippen LogP contribution is 2.10. The number of hydrogen-bond donors (Lipinski definition) is 1. The van der Waals surface area contributed by atoms with Gasteiger partial charge in [-0.2, -0.15) is 0 Å². The van der Waals surface area contributed by atoms with Gasteiger partial charge in [-0.3, -0.25) is 9.59 Å². The van der Waals surface area contributed by atoms with E-state index in [-0.39, 0.29) is 18.2 Å². The number of hydrogen-bond acceptors (Lipinski definition) is 3. The van der Waals surface area contributed by atoms with Crippen molar-refractivity contribution in [3.05, 3.63) is 29.8 Å². The lowest BCUT2D eigenvalue weighted by Crippen LogP contribution is -2.33. The summed E-state index contributed by atoms with van der Waals surface area (Å²) in [5, 5.41) is 2.75. The maximum absolute atomic E-state index is 11.8. The highest BCUT2D eigenvalue weighted by Gasteiger charge is 2.13. The number of carbonyl (C=O) groups is 2. The molecule has 0 fully saturated rings. The van der Waals surface area contributed by atoms with E-state index in [0.717, 1.165) is 24.2 Å². The molecule has 0 saturated heterocycles. The molecule has 1 rings (SSSR count). The molecule has 1 aromatic rings. The second-order valence-corrected chi connectivity index (χ2v) is 4.97. The molecule has 0 unspecified atom stereocenters. The van der Waals surface area contributed by atoms with Gasteiger partial charge in [-0.25, -0.2) is 0 Å². The smallest absolute Gasteiger partial charge is 0.231 e. The molecule has 0 atom stereocenters. The molecule has 116 valence electrons. The van der Waals surface area contributed by atoms with Crippen LogP contribution in [-0.4, -0.2) is 37.4 Å². The number of rotatable bonds is 8. The number of amides is 2. The number of ether oxygens (including phenoxy) is 1. The molecule has 1 N–H and O–H groups in total. The number of benzene rings is 1. The monoisotopic (exact) mass is 292 g/mol. The zero-order valence-electron chi connectivity index (χ0n) is 13.0. The Hall–Kier alpha value is -2.04. The molecule has 0 bridgehead atoms. The molecule has 2 amide bonds. The average molecular weight is 292 g/mol. The Morgan fingerprint density at radius 2 is 1.90 bits per heavy atom. The van der Waals surface area contributed by atoms with Crippen molar-refractivity contribution in [3.8, 4) is 5.75 Å². The van der Waals surface area contributed by atoms with Crippen LogP contribution in [0.25, 0.3) is 0 Å². The molecule has 1 aromatic carbocycles. The van der Waals surface area contributed by atoms with Crippen LogP contribution in [0, 0.1) is 0 Å². The predicted molar refractivity (Wildman–Crippen MR) is 82.0 cm³/mol. The number of nitrogens with zero attached hydrogens (tertiary/aromatic N) is 1. The fourth-order valence-electron chi connectivity index (χ4n) is 1.80. The van der Waals surface area contributed by atoms with E-state index in [2.05, 4.69) is 12.2 Å². The van der Waals surface area contributed by atoms with E-state index in [0.29, 0.717) is 13.1 Å². The Morgan fingerprint density at radius 3 is 2.48 bits per heavy atom. The van der Waals surface area contributed by atoms with Crippen LogP contribution < -0.4 is 10.1 Å². The molecule has 0 saturated carbocycles. The Balaban J connectivity index is 2.34. The van der Waals surface area contributed by atoms with Crippen LogP contribution in [0.1, 0.15) is 31.7 Å². The van der Waals surface area contributed by atoms with Crippen LogP contribution in [0.5, 0.6) is 5.75 Å². The van der Waals surface area contributed by atoms with Gasteiger partial charge in [0.2, 0.25) is 11.8 Å². The lowest BCUT2D eigenvalue weighted by Gasteiger charge is -2.16. The third-order valence-electron chi connectivity index (χ3n) is 3.23. The van der Waals surface area contributed by atoms with Crippen LogP contribution in [0.4, 0.5) is 0 Å². The highest BCUT2D eigenvalue weighted by atomic mass is 16.5.